The lowest BCUT2D eigenvalue weighted by Gasteiger charge is -2.05. The SMILES string of the molecule is C=C(C)c1cc(Br)cc2c1n(C)c(=O)n2C. The highest BCUT2D eigenvalue weighted by Gasteiger charge is 2.13. The van der Waals surface area contributed by atoms with Crippen LogP contribution in [0.15, 0.2) is 28.0 Å². The first-order valence-electron chi connectivity index (χ1n) is 4.94. The molecule has 2 aromatic rings. The molecule has 0 unspecified atom stereocenters. The van der Waals surface area contributed by atoms with Crippen molar-refractivity contribution in [3.05, 3.63) is 39.2 Å². The number of benzene rings is 1. The van der Waals surface area contributed by atoms with Gasteiger partial charge in [0.2, 0.25) is 0 Å². The first-order valence-corrected chi connectivity index (χ1v) is 5.73. The van der Waals surface area contributed by atoms with Gasteiger partial charge in [0, 0.05) is 24.1 Å². The minimum atomic E-state index is -0.0180. The molecule has 0 aliphatic carbocycles. The van der Waals surface area contributed by atoms with Crippen molar-refractivity contribution in [3.8, 4) is 0 Å². The highest BCUT2D eigenvalue weighted by atomic mass is 79.9. The number of aromatic nitrogens is 2. The predicted molar refractivity (Wildman–Crippen MR) is 70.6 cm³/mol. The fourth-order valence-corrected chi connectivity index (χ4v) is 2.39. The number of hydrogen-bond donors (Lipinski definition) is 0. The van der Waals surface area contributed by atoms with Crippen LogP contribution in [0.3, 0.4) is 0 Å². The molecular formula is C12H13BrN2O. The second kappa shape index (κ2) is 3.63. The molecule has 0 saturated carbocycles. The summed E-state index contributed by atoms with van der Waals surface area (Å²) in [5.74, 6) is 0. The van der Waals surface area contributed by atoms with Crippen LogP contribution in [0.25, 0.3) is 16.6 Å². The van der Waals surface area contributed by atoms with Crippen LogP contribution in [0.4, 0.5) is 0 Å². The Morgan fingerprint density at radius 1 is 1.31 bits per heavy atom. The quantitative estimate of drug-likeness (QED) is 0.789. The largest absolute Gasteiger partial charge is 0.328 e. The van der Waals surface area contributed by atoms with Gasteiger partial charge in [-0.25, -0.2) is 4.79 Å². The number of imidazole rings is 1. The van der Waals surface area contributed by atoms with E-state index in [1.54, 1.807) is 23.2 Å². The van der Waals surface area contributed by atoms with E-state index in [0.29, 0.717) is 0 Å². The number of halogens is 1. The second-order valence-electron chi connectivity index (χ2n) is 4.00. The molecule has 0 fully saturated rings. The van der Waals surface area contributed by atoms with Crippen LogP contribution >= 0.6 is 15.9 Å². The van der Waals surface area contributed by atoms with Crippen LogP contribution in [0, 0.1) is 0 Å². The van der Waals surface area contributed by atoms with E-state index in [1.807, 2.05) is 19.1 Å². The van der Waals surface area contributed by atoms with Gasteiger partial charge in [-0.2, -0.15) is 0 Å². The molecule has 0 amide bonds. The summed E-state index contributed by atoms with van der Waals surface area (Å²) in [6.07, 6.45) is 0. The van der Waals surface area contributed by atoms with Crippen molar-refractivity contribution < 1.29 is 0 Å². The molecule has 1 aromatic carbocycles. The summed E-state index contributed by atoms with van der Waals surface area (Å²) in [6, 6.07) is 3.94. The number of hydrogen-bond acceptors (Lipinski definition) is 1. The maximum absolute atomic E-state index is 11.9. The van der Waals surface area contributed by atoms with Gasteiger partial charge >= 0.3 is 5.69 Å². The van der Waals surface area contributed by atoms with Crippen molar-refractivity contribution in [2.24, 2.45) is 14.1 Å². The second-order valence-corrected chi connectivity index (χ2v) is 4.92. The highest BCUT2D eigenvalue weighted by molar-refractivity contribution is 9.10. The van der Waals surface area contributed by atoms with Crippen LogP contribution in [0.5, 0.6) is 0 Å². The monoisotopic (exact) mass is 280 g/mol. The Hall–Kier alpha value is -1.29. The van der Waals surface area contributed by atoms with E-state index >= 15 is 0 Å². The summed E-state index contributed by atoms with van der Waals surface area (Å²) in [4.78, 5) is 11.9. The molecule has 3 nitrogen and oxygen atoms in total. The van der Waals surface area contributed by atoms with Crippen molar-refractivity contribution >= 4 is 32.5 Å². The average molecular weight is 281 g/mol. The molecule has 1 heterocycles. The maximum Gasteiger partial charge on any atom is 0.328 e. The summed E-state index contributed by atoms with van der Waals surface area (Å²) in [5, 5.41) is 0. The smallest absolute Gasteiger partial charge is 0.295 e. The van der Waals surface area contributed by atoms with Crippen molar-refractivity contribution in [2.45, 2.75) is 6.92 Å². The van der Waals surface area contributed by atoms with Crippen LogP contribution in [0.1, 0.15) is 12.5 Å². The zero-order valence-corrected chi connectivity index (χ0v) is 11.1. The average Bonchev–Trinajstić information content (AvgIpc) is 2.43. The Balaban J connectivity index is 3.08. The number of allylic oxidation sites excluding steroid dienone is 1. The van der Waals surface area contributed by atoms with Gasteiger partial charge < -0.3 is 0 Å². The Labute approximate surface area is 102 Å². The van der Waals surface area contributed by atoms with Crippen molar-refractivity contribution in [2.75, 3.05) is 0 Å². The number of fused-ring (bicyclic) bond motifs is 1. The molecule has 0 aliphatic rings. The van der Waals surface area contributed by atoms with E-state index in [-0.39, 0.29) is 5.69 Å². The van der Waals surface area contributed by atoms with Gasteiger partial charge in [0.15, 0.2) is 0 Å². The van der Waals surface area contributed by atoms with Crippen LogP contribution in [-0.4, -0.2) is 9.13 Å². The molecule has 0 radical (unpaired) electrons. The van der Waals surface area contributed by atoms with E-state index in [1.165, 1.54) is 0 Å². The molecule has 0 spiro atoms. The third kappa shape index (κ3) is 1.45. The van der Waals surface area contributed by atoms with E-state index in [0.717, 1.165) is 26.6 Å². The number of aryl methyl sites for hydroxylation is 2. The molecule has 2 rings (SSSR count). The molecular weight excluding hydrogens is 268 g/mol. The molecule has 0 saturated heterocycles. The first-order chi connectivity index (χ1) is 7.43. The number of nitrogens with zero attached hydrogens (tertiary/aromatic N) is 2. The lowest BCUT2D eigenvalue weighted by Crippen LogP contribution is -2.19. The van der Waals surface area contributed by atoms with Crippen molar-refractivity contribution in [1.29, 1.82) is 0 Å². The van der Waals surface area contributed by atoms with Crippen LogP contribution in [0.2, 0.25) is 0 Å². The fraction of sp³-hybridized carbons (Fsp3) is 0.250. The zero-order chi connectivity index (χ0) is 12.0. The molecule has 84 valence electrons. The number of rotatable bonds is 1. The van der Waals surface area contributed by atoms with E-state index < -0.39 is 0 Å². The van der Waals surface area contributed by atoms with E-state index in [2.05, 4.69) is 22.5 Å². The zero-order valence-electron chi connectivity index (χ0n) is 9.54. The maximum atomic E-state index is 11.9. The molecule has 0 aliphatic heterocycles. The van der Waals surface area contributed by atoms with Gasteiger partial charge in [-0.3, -0.25) is 9.13 Å². The lowest BCUT2D eigenvalue weighted by molar-refractivity contribution is 0.795. The molecule has 4 heteroatoms. The van der Waals surface area contributed by atoms with Gasteiger partial charge in [0.25, 0.3) is 0 Å². The van der Waals surface area contributed by atoms with Crippen molar-refractivity contribution in [1.82, 2.24) is 9.13 Å². The lowest BCUT2D eigenvalue weighted by atomic mass is 10.1. The third-order valence-corrected chi connectivity index (χ3v) is 3.24. The fourth-order valence-electron chi connectivity index (χ4n) is 1.94. The Bertz CT molecular complexity index is 649. The first kappa shape index (κ1) is 11.2. The van der Waals surface area contributed by atoms with Gasteiger partial charge in [0.05, 0.1) is 11.0 Å². The third-order valence-electron chi connectivity index (χ3n) is 2.78. The summed E-state index contributed by atoms with van der Waals surface area (Å²) in [7, 11) is 3.56. The van der Waals surface area contributed by atoms with Gasteiger partial charge in [-0.05, 0) is 24.6 Å². The molecule has 1 aromatic heterocycles. The Morgan fingerprint density at radius 2 is 1.94 bits per heavy atom. The summed E-state index contributed by atoms with van der Waals surface area (Å²) in [6.45, 7) is 5.89. The van der Waals surface area contributed by atoms with Crippen molar-refractivity contribution in [3.63, 3.8) is 0 Å². The highest BCUT2D eigenvalue weighted by Crippen LogP contribution is 2.27. The molecule has 16 heavy (non-hydrogen) atoms. The molecule has 0 atom stereocenters. The topological polar surface area (TPSA) is 26.9 Å². The summed E-state index contributed by atoms with van der Waals surface area (Å²) in [5.41, 5.74) is 3.79. The van der Waals surface area contributed by atoms with E-state index in [4.69, 9.17) is 0 Å². The minimum Gasteiger partial charge on any atom is -0.295 e. The minimum absolute atomic E-state index is 0.0180. The standard InChI is InChI=1S/C12H13BrN2O/c1-7(2)9-5-8(13)6-10-11(9)15(4)12(16)14(10)3/h5-6H,1H2,2-4H3. The summed E-state index contributed by atoms with van der Waals surface area (Å²) < 4.78 is 4.26. The predicted octanol–water partition coefficient (Wildman–Crippen LogP) is 2.67. The molecule has 0 bridgehead atoms. The van der Waals surface area contributed by atoms with Gasteiger partial charge in [-0.1, -0.05) is 22.5 Å². The van der Waals surface area contributed by atoms with Crippen LogP contribution < -0.4 is 5.69 Å². The van der Waals surface area contributed by atoms with Crippen LogP contribution in [-0.2, 0) is 14.1 Å². The Morgan fingerprint density at radius 3 is 2.50 bits per heavy atom. The molecule has 0 N–H and O–H groups in total. The van der Waals surface area contributed by atoms with Gasteiger partial charge in [-0.15, -0.1) is 0 Å². The normalized spacial score (nSPS) is 11.0. The van der Waals surface area contributed by atoms with E-state index in [9.17, 15) is 4.79 Å². The Kier molecular flexibility index (Phi) is 2.54. The van der Waals surface area contributed by atoms with Gasteiger partial charge in [0.1, 0.15) is 0 Å². The summed E-state index contributed by atoms with van der Waals surface area (Å²) >= 11 is 3.45.